The third-order valence-electron chi connectivity index (χ3n) is 2.73. The maximum Gasteiger partial charge on any atom is 0.294 e. The number of thioether (sulfide) groups is 1. The molecule has 0 atom stereocenters. The highest BCUT2D eigenvalue weighted by atomic mass is 32.2. The maximum atomic E-state index is 12.0. The molecule has 0 saturated carbocycles. The minimum atomic E-state index is -0.729. The number of hydrogen-bond acceptors (Lipinski definition) is 5. The smallest absolute Gasteiger partial charge is 0.294 e. The molecule has 0 aromatic heterocycles. The Kier molecular flexibility index (Phi) is 5.00. The van der Waals surface area contributed by atoms with Crippen LogP contribution in [-0.2, 0) is 9.59 Å². The Morgan fingerprint density at radius 1 is 1.32 bits per heavy atom. The summed E-state index contributed by atoms with van der Waals surface area (Å²) in [4.78, 5) is 35.7. The molecule has 0 bridgehead atoms. The van der Waals surface area contributed by atoms with Gasteiger partial charge in [0.25, 0.3) is 11.1 Å². The van der Waals surface area contributed by atoms with Crippen LogP contribution in [-0.4, -0.2) is 35.1 Å². The third kappa shape index (κ3) is 3.76. The first-order chi connectivity index (χ1) is 10.5. The van der Waals surface area contributed by atoms with Gasteiger partial charge in [0.2, 0.25) is 5.91 Å². The van der Waals surface area contributed by atoms with E-state index in [0.29, 0.717) is 12.4 Å². The molecule has 0 unspecified atom stereocenters. The van der Waals surface area contributed by atoms with Crippen molar-refractivity contribution in [1.29, 1.82) is 0 Å². The van der Waals surface area contributed by atoms with E-state index in [1.165, 1.54) is 0 Å². The lowest BCUT2D eigenvalue weighted by atomic mass is 10.2. The summed E-state index contributed by atoms with van der Waals surface area (Å²) in [5.41, 5.74) is 5.76. The summed E-state index contributed by atoms with van der Waals surface area (Å²) in [6.07, 6.45) is 3.23. The van der Waals surface area contributed by atoms with E-state index in [-0.39, 0.29) is 4.91 Å². The number of carbonyl (C=O) groups excluding carboxylic acids is 3. The predicted octanol–water partition coefficient (Wildman–Crippen LogP) is 1.77. The molecule has 22 heavy (non-hydrogen) atoms. The van der Waals surface area contributed by atoms with Gasteiger partial charge < -0.3 is 10.5 Å². The summed E-state index contributed by atoms with van der Waals surface area (Å²) in [6, 6.07) is 7.03. The first-order valence-corrected chi connectivity index (χ1v) is 7.20. The van der Waals surface area contributed by atoms with Crippen LogP contribution < -0.4 is 10.5 Å². The van der Waals surface area contributed by atoms with Gasteiger partial charge >= 0.3 is 0 Å². The Balaban J connectivity index is 2.12. The highest BCUT2D eigenvalue weighted by molar-refractivity contribution is 8.18. The van der Waals surface area contributed by atoms with Crippen LogP contribution in [0.2, 0.25) is 0 Å². The van der Waals surface area contributed by atoms with Gasteiger partial charge in [-0.3, -0.25) is 19.3 Å². The Labute approximate surface area is 131 Å². The first-order valence-electron chi connectivity index (χ1n) is 6.38. The predicted molar refractivity (Wildman–Crippen MR) is 84.0 cm³/mol. The molecule has 1 saturated heterocycles. The molecule has 114 valence electrons. The Morgan fingerprint density at radius 3 is 2.59 bits per heavy atom. The number of rotatable bonds is 6. The van der Waals surface area contributed by atoms with Crippen LogP contribution in [0, 0.1) is 0 Å². The number of nitrogens with two attached hydrogens (primary N) is 1. The highest BCUT2D eigenvalue weighted by Crippen LogP contribution is 2.32. The van der Waals surface area contributed by atoms with Crippen molar-refractivity contribution in [1.82, 2.24) is 4.90 Å². The molecule has 0 aliphatic carbocycles. The normalized spacial score (nSPS) is 16.2. The summed E-state index contributed by atoms with van der Waals surface area (Å²) < 4.78 is 5.35. The van der Waals surface area contributed by atoms with E-state index < -0.39 is 23.6 Å². The molecule has 2 rings (SSSR count). The number of nitrogens with zero attached hydrogens (tertiary/aromatic N) is 1. The standard InChI is InChI=1S/C15H14N2O4S/c1-2-7-21-11-5-3-10(4-6-11)8-12-14(19)17(9-13(16)18)15(20)22-12/h2-6,8H,1,7,9H2,(H2,16,18)/b12-8-. The molecule has 1 aromatic carbocycles. The number of carbonyl (C=O) groups is 3. The molecular weight excluding hydrogens is 304 g/mol. The van der Waals surface area contributed by atoms with Crippen LogP contribution in [0.15, 0.2) is 41.8 Å². The minimum Gasteiger partial charge on any atom is -0.490 e. The number of benzene rings is 1. The van der Waals surface area contributed by atoms with Crippen molar-refractivity contribution in [2.45, 2.75) is 0 Å². The van der Waals surface area contributed by atoms with Gasteiger partial charge in [0.1, 0.15) is 18.9 Å². The van der Waals surface area contributed by atoms with Crippen molar-refractivity contribution in [3.05, 3.63) is 47.4 Å². The topological polar surface area (TPSA) is 89.7 Å². The average molecular weight is 318 g/mol. The van der Waals surface area contributed by atoms with Crippen LogP contribution in [0.3, 0.4) is 0 Å². The van der Waals surface area contributed by atoms with Crippen LogP contribution in [0.5, 0.6) is 5.75 Å². The first kappa shape index (κ1) is 15.8. The molecule has 7 heteroatoms. The van der Waals surface area contributed by atoms with Gasteiger partial charge in [0, 0.05) is 0 Å². The molecule has 1 heterocycles. The average Bonchev–Trinajstić information content (AvgIpc) is 2.74. The van der Waals surface area contributed by atoms with Crippen molar-refractivity contribution in [2.24, 2.45) is 5.73 Å². The SMILES string of the molecule is C=CCOc1ccc(/C=C2\SC(=O)N(CC(N)=O)C2=O)cc1. The zero-order valence-corrected chi connectivity index (χ0v) is 12.5. The number of ether oxygens (including phenoxy) is 1. The van der Waals surface area contributed by atoms with Gasteiger partial charge in [-0.15, -0.1) is 0 Å². The molecule has 1 aliphatic rings. The summed E-state index contributed by atoms with van der Waals surface area (Å²) in [5.74, 6) is -0.563. The van der Waals surface area contributed by atoms with Crippen LogP contribution in [0.1, 0.15) is 5.56 Å². The van der Waals surface area contributed by atoms with Crippen LogP contribution in [0.4, 0.5) is 4.79 Å². The lowest BCUT2D eigenvalue weighted by molar-refractivity contribution is -0.127. The maximum absolute atomic E-state index is 12.0. The van der Waals surface area contributed by atoms with Gasteiger partial charge in [-0.2, -0.15) is 0 Å². The van der Waals surface area contributed by atoms with E-state index in [1.54, 1.807) is 36.4 Å². The van der Waals surface area contributed by atoms with E-state index in [9.17, 15) is 14.4 Å². The molecule has 1 aromatic rings. The van der Waals surface area contributed by atoms with Crippen LogP contribution in [0.25, 0.3) is 6.08 Å². The van der Waals surface area contributed by atoms with Gasteiger partial charge in [0.15, 0.2) is 0 Å². The molecule has 1 fully saturated rings. The fraction of sp³-hybridized carbons (Fsp3) is 0.133. The van der Waals surface area contributed by atoms with E-state index >= 15 is 0 Å². The Morgan fingerprint density at radius 2 is 2.00 bits per heavy atom. The Hall–Kier alpha value is -2.54. The van der Waals surface area contributed by atoms with Crippen molar-refractivity contribution < 1.29 is 19.1 Å². The molecule has 0 spiro atoms. The van der Waals surface area contributed by atoms with Crippen LogP contribution >= 0.6 is 11.8 Å². The molecule has 1 aliphatic heterocycles. The van der Waals surface area contributed by atoms with Crippen molar-refractivity contribution in [3.63, 3.8) is 0 Å². The van der Waals surface area contributed by atoms with Crippen molar-refractivity contribution in [3.8, 4) is 5.75 Å². The van der Waals surface area contributed by atoms with Gasteiger partial charge in [-0.05, 0) is 35.5 Å². The zero-order valence-electron chi connectivity index (χ0n) is 11.7. The fourth-order valence-corrected chi connectivity index (χ4v) is 2.60. The van der Waals surface area contributed by atoms with E-state index in [2.05, 4.69) is 6.58 Å². The second kappa shape index (κ2) is 6.95. The molecule has 6 nitrogen and oxygen atoms in total. The second-order valence-corrected chi connectivity index (χ2v) is 5.40. The number of primary amides is 1. The summed E-state index contributed by atoms with van der Waals surface area (Å²) in [6.45, 7) is 3.56. The summed E-state index contributed by atoms with van der Waals surface area (Å²) in [5, 5.41) is -0.499. The monoisotopic (exact) mass is 318 g/mol. The second-order valence-electron chi connectivity index (χ2n) is 4.40. The number of amides is 3. The fourth-order valence-electron chi connectivity index (χ4n) is 1.76. The summed E-state index contributed by atoms with van der Waals surface area (Å²) >= 11 is 0.783. The Bertz CT molecular complexity index is 652. The van der Waals surface area contributed by atoms with Crippen molar-refractivity contribution >= 4 is 34.9 Å². The molecular formula is C15H14N2O4S. The number of imide groups is 1. The quantitative estimate of drug-likeness (QED) is 0.638. The highest BCUT2D eigenvalue weighted by Gasteiger charge is 2.35. The van der Waals surface area contributed by atoms with Crippen molar-refractivity contribution in [2.75, 3.05) is 13.2 Å². The molecule has 0 radical (unpaired) electrons. The van der Waals surface area contributed by atoms with E-state index in [4.69, 9.17) is 10.5 Å². The molecule has 3 amide bonds. The van der Waals surface area contributed by atoms with Gasteiger partial charge in [0.05, 0.1) is 4.91 Å². The molecule has 2 N–H and O–H groups in total. The van der Waals surface area contributed by atoms with E-state index in [1.807, 2.05) is 0 Å². The van der Waals surface area contributed by atoms with E-state index in [0.717, 1.165) is 22.2 Å². The zero-order chi connectivity index (χ0) is 16.1. The van der Waals surface area contributed by atoms with Gasteiger partial charge in [-0.1, -0.05) is 24.8 Å². The minimum absolute atomic E-state index is 0.256. The largest absolute Gasteiger partial charge is 0.490 e. The van der Waals surface area contributed by atoms with Gasteiger partial charge in [-0.25, -0.2) is 0 Å². The lowest BCUT2D eigenvalue weighted by Crippen LogP contribution is -2.36. The summed E-state index contributed by atoms with van der Waals surface area (Å²) in [7, 11) is 0. The lowest BCUT2D eigenvalue weighted by Gasteiger charge is -2.08. The third-order valence-corrected chi connectivity index (χ3v) is 3.64. The number of hydrogen-bond donors (Lipinski definition) is 1.